The first-order valence-electron chi connectivity index (χ1n) is 15.4. The summed E-state index contributed by atoms with van der Waals surface area (Å²) in [7, 11) is 0. The SMILES string of the molecule is CC(=O)N1[C@@H](Cn2c(Cc3cc(F)c(-c4cccc(OCc5ccc(C#N)cc5F)n4)cc3F)nc3ccc(C(=O)O)cc32)C[C@H]2C[C@H]21. The molecule has 0 bridgehead atoms. The number of nitrogens with zero attached hydrogens (tertiary/aromatic N) is 5. The van der Waals surface area contributed by atoms with Crippen LogP contribution in [0.5, 0.6) is 5.88 Å². The molecule has 1 saturated carbocycles. The van der Waals surface area contributed by atoms with Crippen LogP contribution >= 0.6 is 0 Å². The molecule has 0 unspecified atom stereocenters. The number of carboxylic acids is 1. The van der Waals surface area contributed by atoms with Crippen LogP contribution in [0.4, 0.5) is 13.2 Å². The molecule has 5 aromatic rings. The number of carboxylic acid groups (broad SMARTS) is 1. The van der Waals surface area contributed by atoms with Crippen molar-refractivity contribution in [2.45, 2.75) is 51.4 Å². The van der Waals surface area contributed by atoms with Crippen molar-refractivity contribution in [3.05, 3.63) is 112 Å². The summed E-state index contributed by atoms with van der Waals surface area (Å²) in [6, 6.07) is 17.2. The number of piperidine rings is 1. The van der Waals surface area contributed by atoms with Gasteiger partial charge >= 0.3 is 5.97 Å². The summed E-state index contributed by atoms with van der Waals surface area (Å²) in [5.74, 6) is -2.27. The molecule has 7 rings (SSSR count). The summed E-state index contributed by atoms with van der Waals surface area (Å²) in [5, 5.41) is 18.6. The fourth-order valence-electron chi connectivity index (χ4n) is 6.69. The highest BCUT2D eigenvalue weighted by Crippen LogP contribution is 2.48. The summed E-state index contributed by atoms with van der Waals surface area (Å²) in [6.07, 6.45) is 1.68. The number of hydrogen-bond donors (Lipinski definition) is 1. The van der Waals surface area contributed by atoms with Crippen LogP contribution in [-0.2, 0) is 24.4 Å². The van der Waals surface area contributed by atoms with Crippen molar-refractivity contribution in [1.82, 2.24) is 19.4 Å². The molecular formula is C36H28F3N5O4. The molecule has 1 amide bonds. The third-order valence-electron chi connectivity index (χ3n) is 9.08. The smallest absolute Gasteiger partial charge is 0.335 e. The Bertz CT molecular complexity index is 2160. The van der Waals surface area contributed by atoms with E-state index in [1.807, 2.05) is 15.5 Å². The summed E-state index contributed by atoms with van der Waals surface area (Å²) in [4.78, 5) is 35.1. The molecule has 1 saturated heterocycles. The summed E-state index contributed by atoms with van der Waals surface area (Å²) >= 11 is 0. The van der Waals surface area contributed by atoms with Gasteiger partial charge in [0.25, 0.3) is 0 Å². The lowest BCUT2D eigenvalue weighted by molar-refractivity contribution is -0.130. The number of ether oxygens (including phenoxy) is 1. The van der Waals surface area contributed by atoms with Crippen molar-refractivity contribution in [3.63, 3.8) is 0 Å². The molecule has 1 aliphatic heterocycles. The van der Waals surface area contributed by atoms with Crippen molar-refractivity contribution in [2.75, 3.05) is 0 Å². The first kappa shape index (κ1) is 30.9. The van der Waals surface area contributed by atoms with Gasteiger partial charge < -0.3 is 19.3 Å². The molecule has 2 aliphatic rings. The van der Waals surface area contributed by atoms with Gasteiger partial charge in [-0.2, -0.15) is 5.26 Å². The minimum atomic E-state index is -1.10. The van der Waals surface area contributed by atoms with E-state index in [1.165, 1.54) is 43.3 Å². The Kier molecular flexibility index (Phi) is 7.83. The van der Waals surface area contributed by atoms with Crippen LogP contribution in [0, 0.1) is 34.7 Å². The Morgan fingerprint density at radius 3 is 2.54 bits per heavy atom. The lowest BCUT2D eigenvalue weighted by Gasteiger charge is -2.27. The van der Waals surface area contributed by atoms with Gasteiger partial charge in [0, 0.05) is 43.1 Å². The van der Waals surface area contributed by atoms with Gasteiger partial charge in [0.15, 0.2) is 0 Å². The average Bonchev–Trinajstić information content (AvgIpc) is 3.59. The topological polar surface area (TPSA) is 121 Å². The van der Waals surface area contributed by atoms with E-state index in [0.717, 1.165) is 31.0 Å². The Hall–Kier alpha value is -5.70. The molecule has 2 aromatic heterocycles. The lowest BCUT2D eigenvalue weighted by atomic mass is 10.0. The van der Waals surface area contributed by atoms with Crippen LogP contribution in [0.2, 0.25) is 0 Å². The third kappa shape index (κ3) is 5.83. The second kappa shape index (κ2) is 12.2. The minimum Gasteiger partial charge on any atom is -0.478 e. The van der Waals surface area contributed by atoms with E-state index in [9.17, 15) is 19.1 Å². The van der Waals surface area contributed by atoms with Crippen molar-refractivity contribution >= 4 is 22.9 Å². The lowest BCUT2D eigenvalue weighted by Crippen LogP contribution is -2.39. The minimum absolute atomic E-state index is 0.0320. The zero-order valence-electron chi connectivity index (χ0n) is 25.7. The van der Waals surface area contributed by atoms with Gasteiger partial charge in [-0.05, 0) is 72.9 Å². The number of hydrogen-bond acceptors (Lipinski definition) is 6. The summed E-state index contributed by atoms with van der Waals surface area (Å²) < 4.78 is 53.1. The molecule has 3 heterocycles. The average molecular weight is 652 g/mol. The van der Waals surface area contributed by atoms with Gasteiger partial charge in [-0.1, -0.05) is 12.1 Å². The molecule has 9 nitrogen and oxygen atoms in total. The van der Waals surface area contributed by atoms with E-state index in [2.05, 4.69) is 9.97 Å². The molecule has 12 heteroatoms. The van der Waals surface area contributed by atoms with E-state index in [1.54, 1.807) is 12.1 Å². The zero-order chi connectivity index (χ0) is 33.7. The zero-order valence-corrected chi connectivity index (χ0v) is 25.7. The third-order valence-corrected chi connectivity index (χ3v) is 9.08. The fraction of sp³-hybridized carbons (Fsp3) is 0.250. The largest absolute Gasteiger partial charge is 0.478 e. The monoisotopic (exact) mass is 651 g/mol. The molecule has 3 atom stereocenters. The number of likely N-dealkylation sites (tertiary alicyclic amines) is 1. The second-order valence-electron chi connectivity index (χ2n) is 12.2. The van der Waals surface area contributed by atoms with Crippen LogP contribution < -0.4 is 4.74 Å². The highest BCUT2D eigenvalue weighted by molar-refractivity contribution is 5.92. The van der Waals surface area contributed by atoms with E-state index in [-0.39, 0.29) is 70.4 Å². The number of fused-ring (bicyclic) bond motifs is 2. The molecule has 1 N–H and O–H groups in total. The van der Waals surface area contributed by atoms with E-state index in [0.29, 0.717) is 29.3 Å². The molecule has 242 valence electrons. The maximum atomic E-state index is 15.7. The number of carbonyl (C=O) groups excluding carboxylic acids is 1. The number of carbonyl (C=O) groups is 2. The van der Waals surface area contributed by atoms with Crippen molar-refractivity contribution in [3.8, 4) is 23.2 Å². The molecule has 3 aromatic carbocycles. The Morgan fingerprint density at radius 1 is 0.979 bits per heavy atom. The van der Waals surface area contributed by atoms with Gasteiger partial charge in [-0.15, -0.1) is 0 Å². The summed E-state index contributed by atoms with van der Waals surface area (Å²) in [6.45, 7) is 1.69. The first-order chi connectivity index (χ1) is 23.1. The maximum absolute atomic E-state index is 15.7. The van der Waals surface area contributed by atoms with Crippen molar-refractivity contribution in [1.29, 1.82) is 5.26 Å². The molecule has 0 spiro atoms. The first-order valence-corrected chi connectivity index (χ1v) is 15.4. The van der Waals surface area contributed by atoms with Crippen LogP contribution in [0.25, 0.3) is 22.3 Å². The van der Waals surface area contributed by atoms with Gasteiger partial charge in [0.1, 0.15) is 29.9 Å². The number of benzene rings is 3. The number of nitriles is 1. The number of aromatic carboxylic acids is 1. The molecule has 0 radical (unpaired) electrons. The number of halogens is 3. The van der Waals surface area contributed by atoms with E-state index in [4.69, 9.17) is 10.00 Å². The van der Waals surface area contributed by atoms with Crippen LogP contribution in [-0.4, -0.2) is 48.5 Å². The number of rotatable bonds is 9. The van der Waals surface area contributed by atoms with Gasteiger partial charge in [-0.3, -0.25) is 4.79 Å². The Morgan fingerprint density at radius 2 is 1.79 bits per heavy atom. The van der Waals surface area contributed by atoms with Gasteiger partial charge in [0.2, 0.25) is 11.8 Å². The predicted molar refractivity (Wildman–Crippen MR) is 167 cm³/mol. The van der Waals surface area contributed by atoms with Crippen LogP contribution in [0.3, 0.4) is 0 Å². The maximum Gasteiger partial charge on any atom is 0.335 e. The second-order valence-corrected chi connectivity index (χ2v) is 12.2. The number of aromatic nitrogens is 3. The predicted octanol–water partition coefficient (Wildman–Crippen LogP) is 6.26. The van der Waals surface area contributed by atoms with Crippen molar-refractivity contribution < 1.29 is 32.6 Å². The van der Waals surface area contributed by atoms with E-state index < -0.39 is 23.4 Å². The normalized spacial score (nSPS) is 18.1. The van der Waals surface area contributed by atoms with E-state index >= 15 is 8.78 Å². The molecule has 2 fully saturated rings. The standard InChI is InChI=1S/C36H28F3N5O4/c1-19(45)44-25(10-24-13-32(24)44)17-43-33-12-21(36(46)47)7-8-31(33)41-34(43)14-23-11-29(39)26(15-28(23)38)30-3-2-4-35(42-30)48-18-22-6-5-20(16-40)9-27(22)37/h2-9,11-12,15,24-25,32H,10,13-14,17-18H2,1H3,(H,46,47)/t24-,25+,32+/m0/s1. The number of pyridine rings is 1. The molecular weight excluding hydrogens is 623 g/mol. The fourth-order valence-corrected chi connectivity index (χ4v) is 6.69. The quantitative estimate of drug-likeness (QED) is 0.200. The number of amides is 1. The Balaban J connectivity index is 1.16. The Labute approximate surface area is 272 Å². The number of imidazole rings is 1. The summed E-state index contributed by atoms with van der Waals surface area (Å²) in [5.41, 5.74) is 1.52. The van der Waals surface area contributed by atoms with Crippen molar-refractivity contribution in [2.24, 2.45) is 5.92 Å². The van der Waals surface area contributed by atoms with Crippen LogP contribution in [0.1, 0.15) is 52.6 Å². The van der Waals surface area contributed by atoms with Gasteiger partial charge in [0.05, 0.1) is 40.0 Å². The highest BCUT2D eigenvalue weighted by Gasteiger charge is 2.53. The van der Waals surface area contributed by atoms with Gasteiger partial charge in [-0.25, -0.2) is 27.9 Å². The van der Waals surface area contributed by atoms with Crippen LogP contribution in [0.15, 0.2) is 66.7 Å². The highest BCUT2D eigenvalue weighted by atomic mass is 19.1. The molecule has 1 aliphatic carbocycles. The molecule has 48 heavy (non-hydrogen) atoms.